The lowest BCUT2D eigenvalue weighted by atomic mass is 9.83. The van der Waals surface area contributed by atoms with Crippen LogP contribution in [0.1, 0.15) is 11.1 Å². The van der Waals surface area contributed by atoms with Gasteiger partial charge in [0.1, 0.15) is 0 Å². The van der Waals surface area contributed by atoms with Crippen LogP contribution in [0.2, 0.25) is 0 Å². The van der Waals surface area contributed by atoms with Gasteiger partial charge in [0.25, 0.3) is 0 Å². The van der Waals surface area contributed by atoms with Gasteiger partial charge < -0.3 is 0 Å². The topological polar surface area (TPSA) is 0 Å². The number of benzene rings is 16. The van der Waals surface area contributed by atoms with E-state index in [9.17, 15) is 0 Å². The van der Waals surface area contributed by atoms with E-state index in [1.54, 1.807) is 0 Å². The van der Waals surface area contributed by atoms with E-state index < -0.39 is 0 Å². The summed E-state index contributed by atoms with van der Waals surface area (Å²) >= 11 is 1.88. The van der Waals surface area contributed by atoms with Crippen LogP contribution < -0.4 is 0 Å². The molecule has 1 heteroatoms. The van der Waals surface area contributed by atoms with Gasteiger partial charge in [-0.2, -0.15) is 0 Å². The number of fused-ring (bicyclic) bond motifs is 12. The van der Waals surface area contributed by atoms with Crippen LogP contribution in [0, 0.1) is 0 Å². The lowest BCUT2D eigenvalue weighted by Gasteiger charge is -2.20. The second kappa shape index (κ2) is 20.6. The van der Waals surface area contributed by atoms with E-state index in [4.69, 9.17) is 0 Å². The number of rotatable bonds is 6. The molecule has 1 heterocycles. The first-order valence-electron chi connectivity index (χ1n) is 29.8. The molecule has 17 aromatic rings. The van der Waals surface area contributed by atoms with Crippen molar-refractivity contribution in [3.63, 3.8) is 0 Å². The van der Waals surface area contributed by atoms with Crippen LogP contribution in [0.5, 0.6) is 0 Å². The zero-order valence-electron chi connectivity index (χ0n) is 47.1. The minimum atomic E-state index is 0.998. The maximum absolute atomic E-state index is 2.45. The van der Waals surface area contributed by atoms with Crippen LogP contribution in [-0.2, 0) is 6.42 Å². The Balaban J connectivity index is 0.000000134. The van der Waals surface area contributed by atoms with Gasteiger partial charge in [-0.3, -0.25) is 0 Å². The normalized spacial score (nSPS) is 11.9. The Kier molecular flexibility index (Phi) is 11.9. The van der Waals surface area contributed by atoms with Crippen LogP contribution in [0.25, 0.3) is 163 Å². The standard InChI is InChI=1S/C43H28.C42H26S/c1-2-12-29(13-3-1)41-37-18-8-9-19-38(37)43(34-22-21-28-11-4-5-14-30(28)25-34)40-27-32(23-24-39(40)41)36-20-10-16-33-26-31-15-6-7-17-35(31)42(33)36;1-2-13-28(14-3-1)40-33-17-6-7-18-34(33)41(32-21-10-15-27-12-4-5-16-30(27)32)37-26-29(24-25-35(37)40)31-20-11-23-39-42(31)36-19-8-9-22-38(36)43-39/h1-25,27H,26H2;1-26H. The van der Waals surface area contributed by atoms with Gasteiger partial charge in [0, 0.05) is 20.2 Å². The lowest BCUT2D eigenvalue weighted by molar-refractivity contribution is 1.26. The van der Waals surface area contributed by atoms with Gasteiger partial charge in [-0.05, 0) is 190 Å². The fraction of sp³-hybridized carbons (Fsp3) is 0.0118. The zero-order valence-corrected chi connectivity index (χ0v) is 48.0. The molecule has 18 rings (SSSR count). The molecule has 0 aliphatic heterocycles. The molecule has 0 radical (unpaired) electrons. The monoisotopic (exact) mass is 1110 g/mol. The highest BCUT2D eigenvalue weighted by Gasteiger charge is 2.24. The molecule has 0 fully saturated rings. The van der Waals surface area contributed by atoms with Crippen molar-refractivity contribution < 1.29 is 0 Å². The first kappa shape index (κ1) is 49.9. The van der Waals surface area contributed by atoms with Crippen molar-refractivity contribution in [1.82, 2.24) is 0 Å². The summed E-state index contributed by atoms with van der Waals surface area (Å²) in [4.78, 5) is 0. The fourth-order valence-corrected chi connectivity index (χ4v) is 15.5. The molecule has 1 aromatic heterocycles. The Bertz CT molecular complexity index is 5550. The van der Waals surface area contributed by atoms with Gasteiger partial charge in [0.05, 0.1) is 0 Å². The molecule has 0 unspecified atom stereocenters. The van der Waals surface area contributed by atoms with E-state index in [1.807, 2.05) is 11.3 Å². The average molecular weight is 1110 g/mol. The van der Waals surface area contributed by atoms with Crippen molar-refractivity contribution in [3.8, 4) is 77.9 Å². The SMILES string of the molecule is c1ccc(-c2c3ccccc3c(-c3ccc4ccccc4c3)c3cc(-c4cccc5c4-c4ccccc4C5)ccc23)cc1.c1ccc(-c2c3ccccc3c(-c3cccc4ccccc34)c3cc(-c4cccc5sc6ccccc6c45)ccc23)cc1. The summed E-state index contributed by atoms with van der Waals surface area (Å²) < 4.78 is 2.66. The van der Waals surface area contributed by atoms with Crippen LogP contribution in [0.15, 0.2) is 315 Å². The second-order valence-electron chi connectivity index (χ2n) is 22.9. The molecule has 0 saturated carbocycles. The van der Waals surface area contributed by atoms with E-state index in [1.165, 1.54) is 174 Å². The first-order valence-corrected chi connectivity index (χ1v) is 30.7. The van der Waals surface area contributed by atoms with Crippen molar-refractivity contribution in [2.75, 3.05) is 0 Å². The molecule has 86 heavy (non-hydrogen) atoms. The van der Waals surface area contributed by atoms with Gasteiger partial charge in [-0.15, -0.1) is 11.3 Å². The van der Waals surface area contributed by atoms with Crippen LogP contribution in [0.4, 0.5) is 0 Å². The van der Waals surface area contributed by atoms with Gasteiger partial charge in [0.2, 0.25) is 0 Å². The summed E-state index contributed by atoms with van der Waals surface area (Å²) in [6.45, 7) is 0. The third-order valence-corrected chi connectivity index (χ3v) is 19.2. The van der Waals surface area contributed by atoms with Crippen molar-refractivity contribution in [2.45, 2.75) is 6.42 Å². The largest absolute Gasteiger partial charge is 0.135 e. The summed E-state index contributed by atoms with van der Waals surface area (Å²) in [6, 6.07) is 116. The smallest absolute Gasteiger partial charge is 0.0361 e. The molecule has 0 N–H and O–H groups in total. The van der Waals surface area contributed by atoms with E-state index in [2.05, 4.69) is 315 Å². The van der Waals surface area contributed by atoms with E-state index >= 15 is 0 Å². The van der Waals surface area contributed by atoms with Gasteiger partial charge in [-0.1, -0.05) is 285 Å². The summed E-state index contributed by atoms with van der Waals surface area (Å²) in [5, 5.41) is 18.0. The molecule has 1 aliphatic carbocycles. The maximum Gasteiger partial charge on any atom is 0.0361 e. The zero-order chi connectivity index (χ0) is 56.7. The molecule has 0 amide bonds. The Labute approximate surface area is 503 Å². The third-order valence-electron chi connectivity index (χ3n) is 18.1. The molecule has 0 bridgehead atoms. The minimum absolute atomic E-state index is 0.998. The number of hydrogen-bond donors (Lipinski definition) is 0. The van der Waals surface area contributed by atoms with Crippen molar-refractivity contribution >= 4 is 96.1 Å². The Morgan fingerprint density at radius 2 is 0.640 bits per heavy atom. The lowest BCUT2D eigenvalue weighted by Crippen LogP contribution is -1.92. The van der Waals surface area contributed by atoms with Gasteiger partial charge in [0.15, 0.2) is 0 Å². The van der Waals surface area contributed by atoms with Gasteiger partial charge in [-0.25, -0.2) is 0 Å². The van der Waals surface area contributed by atoms with E-state index in [-0.39, 0.29) is 0 Å². The van der Waals surface area contributed by atoms with Crippen molar-refractivity contribution in [2.24, 2.45) is 0 Å². The quantitative estimate of drug-likeness (QED) is 0.146. The molecule has 16 aromatic carbocycles. The molecule has 0 saturated heterocycles. The summed E-state index contributed by atoms with van der Waals surface area (Å²) in [7, 11) is 0. The van der Waals surface area contributed by atoms with Crippen LogP contribution in [-0.4, -0.2) is 0 Å². The molecule has 400 valence electrons. The molecule has 0 spiro atoms. The summed E-state index contributed by atoms with van der Waals surface area (Å²) in [6.07, 6.45) is 0.998. The predicted molar refractivity (Wildman–Crippen MR) is 372 cm³/mol. The summed E-state index contributed by atoms with van der Waals surface area (Å²) in [5.41, 5.74) is 20.9. The summed E-state index contributed by atoms with van der Waals surface area (Å²) in [5.74, 6) is 0. The van der Waals surface area contributed by atoms with Gasteiger partial charge >= 0.3 is 0 Å². The van der Waals surface area contributed by atoms with E-state index in [0.717, 1.165) is 6.42 Å². The van der Waals surface area contributed by atoms with Crippen LogP contribution >= 0.6 is 11.3 Å². The molecular weight excluding hydrogens is 1050 g/mol. The highest BCUT2D eigenvalue weighted by atomic mass is 32.1. The number of hydrogen-bond acceptors (Lipinski definition) is 1. The molecule has 0 atom stereocenters. The molecule has 0 nitrogen and oxygen atoms in total. The van der Waals surface area contributed by atoms with Crippen molar-refractivity contribution in [3.05, 3.63) is 327 Å². The fourth-order valence-electron chi connectivity index (χ4n) is 14.4. The predicted octanol–water partition coefficient (Wildman–Crippen LogP) is 24.2. The Morgan fingerprint density at radius 1 is 0.198 bits per heavy atom. The van der Waals surface area contributed by atoms with E-state index in [0.29, 0.717) is 0 Å². The number of thiophene rings is 1. The first-order chi connectivity index (χ1) is 42.7. The third kappa shape index (κ3) is 8.19. The Morgan fingerprint density at radius 3 is 1.35 bits per heavy atom. The second-order valence-corrected chi connectivity index (χ2v) is 24.0. The molecular formula is C85H54S. The highest BCUT2D eigenvalue weighted by Crippen LogP contribution is 2.50. The van der Waals surface area contributed by atoms with Crippen LogP contribution in [0.3, 0.4) is 0 Å². The highest BCUT2D eigenvalue weighted by molar-refractivity contribution is 7.26. The van der Waals surface area contributed by atoms with Crippen molar-refractivity contribution in [1.29, 1.82) is 0 Å². The minimum Gasteiger partial charge on any atom is -0.135 e. The maximum atomic E-state index is 2.45. The molecule has 1 aliphatic rings. The average Bonchev–Trinajstić information content (AvgIpc) is 1.20. The Hall–Kier alpha value is -10.7.